The molecule has 5 heteroatoms. The third kappa shape index (κ3) is 2.49. The van der Waals surface area contributed by atoms with Gasteiger partial charge in [0, 0.05) is 6.08 Å². The van der Waals surface area contributed by atoms with Gasteiger partial charge in [0.05, 0.1) is 16.6 Å². The van der Waals surface area contributed by atoms with E-state index in [1.807, 2.05) is 6.07 Å². The van der Waals surface area contributed by atoms with Crippen molar-refractivity contribution in [3.63, 3.8) is 0 Å². The second-order valence-electron chi connectivity index (χ2n) is 4.52. The summed E-state index contributed by atoms with van der Waals surface area (Å²) in [7, 11) is 0. The van der Waals surface area contributed by atoms with Crippen molar-refractivity contribution >= 4 is 22.9 Å². The number of fused-ring (bicyclic) bond motifs is 1. The number of aromatic hydroxyl groups is 1. The molecule has 0 atom stereocenters. The number of H-pyrrole nitrogens is 1. The Bertz CT molecular complexity index is 897. The predicted molar refractivity (Wildman–Crippen MR) is 81.0 cm³/mol. The van der Waals surface area contributed by atoms with Crippen LogP contribution in [0.5, 0.6) is 5.75 Å². The molecule has 0 fully saturated rings. The van der Waals surface area contributed by atoms with Gasteiger partial charge < -0.3 is 15.2 Å². The van der Waals surface area contributed by atoms with Gasteiger partial charge in [-0.1, -0.05) is 24.3 Å². The van der Waals surface area contributed by atoms with E-state index in [1.165, 1.54) is 12.1 Å². The summed E-state index contributed by atoms with van der Waals surface area (Å²) in [4.78, 5) is 18.9. The van der Waals surface area contributed by atoms with Gasteiger partial charge in [-0.3, -0.25) is 4.79 Å². The number of benzene rings is 2. The number of aromatic nitrogens is 2. The number of rotatable bonds is 2. The number of nitrogens with zero attached hydrogens (tertiary/aromatic N) is 1. The molecule has 3 aromatic rings. The van der Waals surface area contributed by atoms with Gasteiger partial charge >= 0.3 is 0 Å². The van der Waals surface area contributed by atoms with E-state index >= 15 is 0 Å². The highest BCUT2D eigenvalue weighted by Crippen LogP contribution is 2.23. The van der Waals surface area contributed by atoms with E-state index in [0.717, 1.165) is 0 Å². The minimum atomic E-state index is -0.407. The van der Waals surface area contributed by atoms with Crippen LogP contribution in [0.2, 0.25) is 0 Å². The van der Waals surface area contributed by atoms with Gasteiger partial charge in [0.25, 0.3) is 5.56 Å². The van der Waals surface area contributed by atoms with Crippen molar-refractivity contribution in [2.24, 2.45) is 0 Å². The van der Waals surface area contributed by atoms with Crippen LogP contribution in [0.3, 0.4) is 0 Å². The Balaban J connectivity index is 2.13. The van der Waals surface area contributed by atoms with E-state index in [-0.39, 0.29) is 22.8 Å². The van der Waals surface area contributed by atoms with Crippen molar-refractivity contribution in [1.29, 1.82) is 0 Å². The highest BCUT2D eigenvalue weighted by Gasteiger charge is 2.08. The Labute approximate surface area is 119 Å². The first-order chi connectivity index (χ1) is 10.1. The van der Waals surface area contributed by atoms with Crippen LogP contribution in [0.15, 0.2) is 53.3 Å². The SMILES string of the molecule is O=c1[nH]c2ccccc2nc1/C=C(\O)c1ccccc1O. The standard InChI is InChI=1S/C16H12N2O3/c19-14-8-4-1-5-10(14)15(20)9-13-16(21)18-12-7-3-2-6-11(12)17-13/h1-9,19-20H,(H,18,21)/b15-9-. The summed E-state index contributed by atoms with van der Waals surface area (Å²) in [6, 6.07) is 13.5. The number of phenolic OH excluding ortho intramolecular Hbond substituents is 1. The van der Waals surface area contributed by atoms with E-state index in [2.05, 4.69) is 9.97 Å². The van der Waals surface area contributed by atoms with Gasteiger partial charge in [-0.15, -0.1) is 0 Å². The van der Waals surface area contributed by atoms with Gasteiger partial charge in [0.15, 0.2) is 0 Å². The smallest absolute Gasteiger partial charge is 0.274 e. The maximum atomic E-state index is 11.9. The zero-order valence-electron chi connectivity index (χ0n) is 10.9. The molecule has 2 aromatic carbocycles. The van der Waals surface area contributed by atoms with Gasteiger partial charge in [-0.2, -0.15) is 0 Å². The molecule has 0 aliphatic rings. The van der Waals surface area contributed by atoms with Crippen molar-refractivity contribution in [2.75, 3.05) is 0 Å². The summed E-state index contributed by atoms with van der Waals surface area (Å²) in [6.45, 7) is 0. The number of hydrogen-bond acceptors (Lipinski definition) is 4. The maximum absolute atomic E-state index is 11.9. The summed E-state index contributed by atoms with van der Waals surface area (Å²) in [5, 5.41) is 19.8. The fourth-order valence-corrected chi connectivity index (χ4v) is 2.04. The molecule has 0 unspecified atom stereocenters. The largest absolute Gasteiger partial charge is 0.507 e. The lowest BCUT2D eigenvalue weighted by Crippen LogP contribution is -2.12. The normalized spacial score (nSPS) is 11.7. The molecule has 1 heterocycles. The second-order valence-corrected chi connectivity index (χ2v) is 4.52. The lowest BCUT2D eigenvalue weighted by Gasteiger charge is -2.03. The molecule has 5 nitrogen and oxygen atoms in total. The number of aliphatic hydroxyl groups is 1. The fraction of sp³-hybridized carbons (Fsp3) is 0. The van der Waals surface area contributed by atoms with Crippen LogP contribution in [0.4, 0.5) is 0 Å². The number of phenols is 1. The van der Waals surface area contributed by atoms with Crippen molar-refractivity contribution in [1.82, 2.24) is 9.97 Å². The van der Waals surface area contributed by atoms with Crippen LogP contribution in [0.1, 0.15) is 11.3 Å². The predicted octanol–water partition coefficient (Wildman–Crippen LogP) is 2.68. The molecule has 3 N–H and O–H groups in total. The van der Waals surface area contributed by atoms with Crippen LogP contribution in [0.25, 0.3) is 22.9 Å². The number of aliphatic hydroxyl groups excluding tert-OH is 1. The molecule has 1 aromatic heterocycles. The van der Waals surface area contributed by atoms with Crippen LogP contribution < -0.4 is 5.56 Å². The lowest BCUT2D eigenvalue weighted by molar-refractivity contribution is 0.461. The highest BCUT2D eigenvalue weighted by atomic mass is 16.3. The second kappa shape index (κ2) is 5.13. The van der Waals surface area contributed by atoms with Gasteiger partial charge in [-0.05, 0) is 24.3 Å². The number of aromatic amines is 1. The molecule has 104 valence electrons. The van der Waals surface area contributed by atoms with Crippen LogP contribution in [-0.2, 0) is 0 Å². The lowest BCUT2D eigenvalue weighted by atomic mass is 10.1. The van der Waals surface area contributed by atoms with Gasteiger partial charge in [0.1, 0.15) is 17.2 Å². The Morgan fingerprint density at radius 3 is 2.62 bits per heavy atom. The fourth-order valence-electron chi connectivity index (χ4n) is 2.04. The number of para-hydroxylation sites is 3. The van der Waals surface area contributed by atoms with Crippen molar-refractivity contribution < 1.29 is 10.2 Å². The Kier molecular flexibility index (Phi) is 3.16. The topological polar surface area (TPSA) is 86.2 Å². The number of nitrogens with one attached hydrogen (secondary N) is 1. The van der Waals surface area contributed by atoms with E-state index in [9.17, 15) is 15.0 Å². The Morgan fingerprint density at radius 1 is 1.10 bits per heavy atom. The van der Waals surface area contributed by atoms with Crippen LogP contribution in [-0.4, -0.2) is 20.2 Å². The molecule has 0 bridgehead atoms. The summed E-state index contributed by atoms with van der Waals surface area (Å²) >= 11 is 0. The molecule has 0 spiro atoms. The molecular weight excluding hydrogens is 268 g/mol. The molecule has 0 radical (unpaired) electrons. The van der Waals surface area contributed by atoms with Crippen molar-refractivity contribution in [3.05, 3.63) is 70.1 Å². The molecule has 0 saturated heterocycles. The minimum Gasteiger partial charge on any atom is -0.507 e. The molecule has 0 saturated carbocycles. The summed E-state index contributed by atoms with van der Waals surface area (Å²) < 4.78 is 0. The first kappa shape index (κ1) is 12.9. The average Bonchev–Trinajstić information content (AvgIpc) is 2.48. The maximum Gasteiger partial charge on any atom is 0.274 e. The first-order valence-corrected chi connectivity index (χ1v) is 6.33. The first-order valence-electron chi connectivity index (χ1n) is 6.33. The summed E-state index contributed by atoms with van der Waals surface area (Å²) in [5.74, 6) is -0.287. The highest BCUT2D eigenvalue weighted by molar-refractivity contribution is 5.80. The average molecular weight is 280 g/mol. The van der Waals surface area contributed by atoms with E-state index in [0.29, 0.717) is 11.0 Å². The third-order valence-corrected chi connectivity index (χ3v) is 3.08. The molecule has 0 aliphatic heterocycles. The summed E-state index contributed by atoms with van der Waals surface area (Å²) in [5.41, 5.74) is 1.16. The molecule has 21 heavy (non-hydrogen) atoms. The molecule has 0 amide bonds. The van der Waals surface area contributed by atoms with Crippen LogP contribution in [0, 0.1) is 0 Å². The minimum absolute atomic E-state index is 0.0662. The van der Waals surface area contributed by atoms with Gasteiger partial charge in [-0.25, -0.2) is 4.98 Å². The third-order valence-electron chi connectivity index (χ3n) is 3.08. The molecular formula is C16H12N2O3. The van der Waals surface area contributed by atoms with Crippen molar-refractivity contribution in [3.8, 4) is 5.75 Å². The van der Waals surface area contributed by atoms with Crippen LogP contribution >= 0.6 is 0 Å². The summed E-state index contributed by atoms with van der Waals surface area (Å²) in [6.07, 6.45) is 1.24. The Morgan fingerprint density at radius 2 is 1.81 bits per heavy atom. The van der Waals surface area contributed by atoms with Crippen molar-refractivity contribution in [2.45, 2.75) is 0 Å². The van der Waals surface area contributed by atoms with Gasteiger partial charge in [0.2, 0.25) is 0 Å². The Hall–Kier alpha value is -3.08. The van der Waals surface area contributed by atoms with E-state index < -0.39 is 5.56 Å². The zero-order chi connectivity index (χ0) is 14.8. The van der Waals surface area contributed by atoms with E-state index in [4.69, 9.17) is 0 Å². The molecule has 0 aliphatic carbocycles. The monoisotopic (exact) mass is 280 g/mol. The quantitative estimate of drug-likeness (QED) is 0.630. The van der Waals surface area contributed by atoms with E-state index in [1.54, 1.807) is 36.4 Å². The molecule has 3 rings (SSSR count). The number of hydrogen-bond donors (Lipinski definition) is 3. The zero-order valence-corrected chi connectivity index (χ0v) is 10.9.